The first-order valence-corrected chi connectivity index (χ1v) is 10.7. The van der Waals surface area contributed by atoms with Crippen molar-refractivity contribution in [3.8, 4) is 0 Å². The van der Waals surface area contributed by atoms with Crippen LogP contribution < -0.4 is 5.32 Å². The van der Waals surface area contributed by atoms with E-state index in [9.17, 15) is 0 Å². The van der Waals surface area contributed by atoms with Crippen LogP contribution in [-0.2, 0) is 6.42 Å². The number of benzene rings is 1. The van der Waals surface area contributed by atoms with Gasteiger partial charge in [-0.05, 0) is 49.8 Å². The molecule has 2 unspecified atom stereocenters. The van der Waals surface area contributed by atoms with E-state index >= 15 is 0 Å². The monoisotopic (exact) mass is 392 g/mol. The van der Waals surface area contributed by atoms with Crippen LogP contribution in [0.25, 0.3) is 10.9 Å². The van der Waals surface area contributed by atoms with Gasteiger partial charge in [-0.2, -0.15) is 0 Å². The Morgan fingerprint density at radius 1 is 1.38 bits per heavy atom. The van der Waals surface area contributed by atoms with Crippen molar-refractivity contribution < 1.29 is 0 Å². The third-order valence-corrected chi connectivity index (χ3v) is 6.10. The Morgan fingerprint density at radius 2 is 2.28 bits per heavy atom. The maximum atomic E-state index is 4.98. The van der Waals surface area contributed by atoms with Gasteiger partial charge in [0.15, 0.2) is 5.96 Å². The summed E-state index contributed by atoms with van der Waals surface area (Å²) >= 11 is 0. The molecule has 2 aromatic heterocycles. The fraction of sp³-hybridized carbons (Fsp3) is 0.478. The number of aliphatic imine (C=N–C) groups is 1. The van der Waals surface area contributed by atoms with Crippen LogP contribution in [0.3, 0.4) is 0 Å². The van der Waals surface area contributed by atoms with Crippen LogP contribution in [0.2, 0.25) is 0 Å². The van der Waals surface area contributed by atoms with Crippen LogP contribution >= 0.6 is 0 Å². The summed E-state index contributed by atoms with van der Waals surface area (Å²) in [4.78, 5) is 15.0. The number of hydrogen-bond donors (Lipinski definition) is 2. The number of aromatic amines is 1. The lowest BCUT2D eigenvalue weighted by Gasteiger charge is -2.39. The van der Waals surface area contributed by atoms with E-state index in [2.05, 4.69) is 76.1 Å². The molecule has 2 atom stereocenters. The van der Waals surface area contributed by atoms with Crippen molar-refractivity contribution in [1.29, 1.82) is 0 Å². The Balaban J connectivity index is 1.47. The zero-order valence-corrected chi connectivity index (χ0v) is 17.7. The van der Waals surface area contributed by atoms with Crippen LogP contribution in [0, 0.1) is 12.8 Å². The molecule has 2 N–H and O–H groups in total. The van der Waals surface area contributed by atoms with Gasteiger partial charge >= 0.3 is 0 Å². The number of aryl methyl sites for hydroxylation is 1. The average Bonchev–Trinajstić information content (AvgIpc) is 3.39. The third-order valence-electron chi connectivity index (χ3n) is 6.10. The van der Waals surface area contributed by atoms with Crippen LogP contribution in [0.5, 0.6) is 0 Å². The zero-order valence-electron chi connectivity index (χ0n) is 17.7. The van der Waals surface area contributed by atoms with E-state index in [1.54, 1.807) is 0 Å². The summed E-state index contributed by atoms with van der Waals surface area (Å²) in [7, 11) is 0. The van der Waals surface area contributed by atoms with Crippen LogP contribution in [0.4, 0.5) is 0 Å². The molecule has 1 aliphatic rings. The largest absolute Gasteiger partial charge is 0.361 e. The van der Waals surface area contributed by atoms with E-state index < -0.39 is 0 Å². The normalized spacial score (nSPS) is 20.4. The first-order valence-electron chi connectivity index (χ1n) is 10.7. The lowest BCUT2D eigenvalue weighted by Crippen LogP contribution is -2.49. The number of piperidine rings is 1. The first-order chi connectivity index (χ1) is 14.2. The molecule has 154 valence electrons. The minimum Gasteiger partial charge on any atom is -0.361 e. The van der Waals surface area contributed by atoms with Gasteiger partial charge in [0.2, 0.25) is 0 Å². The van der Waals surface area contributed by atoms with E-state index in [0.717, 1.165) is 45.0 Å². The van der Waals surface area contributed by atoms with Gasteiger partial charge in [0, 0.05) is 55.7 Å². The summed E-state index contributed by atoms with van der Waals surface area (Å²) in [6.45, 7) is 10.3. The number of imidazole rings is 1. The lowest BCUT2D eigenvalue weighted by atomic mass is 9.93. The average molecular weight is 393 g/mol. The highest BCUT2D eigenvalue weighted by molar-refractivity contribution is 5.86. The highest BCUT2D eigenvalue weighted by Crippen LogP contribution is 2.27. The number of fused-ring (bicyclic) bond motifs is 1. The molecule has 1 aromatic carbocycles. The van der Waals surface area contributed by atoms with E-state index in [0.29, 0.717) is 12.0 Å². The smallest absolute Gasteiger partial charge is 0.193 e. The Kier molecular flexibility index (Phi) is 5.88. The topological polar surface area (TPSA) is 61.2 Å². The van der Waals surface area contributed by atoms with Crippen molar-refractivity contribution in [3.05, 3.63) is 54.2 Å². The Hall–Kier alpha value is -2.76. The summed E-state index contributed by atoms with van der Waals surface area (Å²) in [6.07, 6.45) is 10.1. The SMILES string of the molecule is CCNC(=NCCc1c[nH]c2cccc(C)c12)N1CCC(C)C(n2ccnc2)C1. The van der Waals surface area contributed by atoms with Gasteiger partial charge < -0.3 is 19.8 Å². The molecule has 3 aromatic rings. The number of nitrogens with one attached hydrogen (secondary N) is 2. The van der Waals surface area contributed by atoms with Crippen molar-refractivity contribution in [2.45, 2.75) is 39.7 Å². The molecule has 0 spiro atoms. The molecule has 0 bridgehead atoms. The fourth-order valence-corrected chi connectivity index (χ4v) is 4.45. The van der Waals surface area contributed by atoms with Gasteiger partial charge in [0.25, 0.3) is 0 Å². The Morgan fingerprint density at radius 3 is 3.07 bits per heavy atom. The molecule has 4 rings (SSSR count). The van der Waals surface area contributed by atoms with Crippen molar-refractivity contribution in [2.24, 2.45) is 10.9 Å². The van der Waals surface area contributed by atoms with E-state index in [4.69, 9.17) is 4.99 Å². The second kappa shape index (κ2) is 8.72. The van der Waals surface area contributed by atoms with E-state index in [-0.39, 0.29) is 0 Å². The maximum Gasteiger partial charge on any atom is 0.193 e. The van der Waals surface area contributed by atoms with Gasteiger partial charge in [-0.25, -0.2) is 4.98 Å². The minimum absolute atomic E-state index is 0.436. The minimum atomic E-state index is 0.436. The van der Waals surface area contributed by atoms with E-state index in [1.165, 1.54) is 22.0 Å². The van der Waals surface area contributed by atoms with Gasteiger partial charge in [-0.1, -0.05) is 19.1 Å². The third kappa shape index (κ3) is 4.16. The zero-order chi connectivity index (χ0) is 20.2. The second-order valence-electron chi connectivity index (χ2n) is 8.09. The lowest BCUT2D eigenvalue weighted by molar-refractivity contribution is 0.189. The van der Waals surface area contributed by atoms with Crippen LogP contribution in [0.15, 0.2) is 48.1 Å². The van der Waals surface area contributed by atoms with Crippen molar-refractivity contribution >= 4 is 16.9 Å². The summed E-state index contributed by atoms with van der Waals surface area (Å²) in [6, 6.07) is 6.86. The number of aromatic nitrogens is 3. The van der Waals surface area contributed by atoms with Crippen molar-refractivity contribution in [1.82, 2.24) is 24.8 Å². The molecule has 6 heteroatoms. The summed E-state index contributed by atoms with van der Waals surface area (Å²) in [5.41, 5.74) is 3.88. The van der Waals surface area contributed by atoms with Gasteiger partial charge in [-0.3, -0.25) is 4.99 Å². The van der Waals surface area contributed by atoms with Gasteiger partial charge in [0.05, 0.1) is 12.4 Å². The quantitative estimate of drug-likeness (QED) is 0.513. The predicted molar refractivity (Wildman–Crippen MR) is 119 cm³/mol. The number of guanidine groups is 1. The molecule has 0 amide bonds. The molecular weight excluding hydrogens is 360 g/mol. The standard InChI is InChI=1S/C23H32N6/c1-4-25-23(28-12-9-17(2)21(15-28)29-13-11-24-16-29)26-10-8-19-14-27-20-7-5-6-18(3)22(19)20/h5-7,11,13-14,16-17,21,27H,4,8-10,12,15H2,1-3H3,(H,25,26). The van der Waals surface area contributed by atoms with Crippen LogP contribution in [0.1, 0.15) is 37.4 Å². The molecule has 1 fully saturated rings. The molecule has 0 aliphatic carbocycles. The van der Waals surface area contributed by atoms with Crippen LogP contribution in [-0.4, -0.2) is 51.6 Å². The highest BCUT2D eigenvalue weighted by atomic mass is 15.3. The molecule has 29 heavy (non-hydrogen) atoms. The number of rotatable bonds is 5. The first kappa shape index (κ1) is 19.6. The number of H-pyrrole nitrogens is 1. The Bertz CT molecular complexity index is 955. The fourth-order valence-electron chi connectivity index (χ4n) is 4.45. The van der Waals surface area contributed by atoms with Gasteiger partial charge in [-0.15, -0.1) is 0 Å². The van der Waals surface area contributed by atoms with Crippen molar-refractivity contribution in [2.75, 3.05) is 26.2 Å². The Labute approximate surface area is 173 Å². The molecule has 1 aliphatic heterocycles. The molecule has 6 nitrogen and oxygen atoms in total. The molecule has 0 saturated carbocycles. The number of likely N-dealkylation sites (tertiary alicyclic amines) is 1. The van der Waals surface area contributed by atoms with Crippen molar-refractivity contribution in [3.63, 3.8) is 0 Å². The second-order valence-corrected chi connectivity index (χ2v) is 8.09. The molecular formula is C23H32N6. The summed E-state index contributed by atoms with van der Waals surface area (Å²) in [5.74, 6) is 1.67. The maximum absolute atomic E-state index is 4.98. The molecule has 3 heterocycles. The number of hydrogen-bond acceptors (Lipinski definition) is 2. The van der Waals surface area contributed by atoms with Gasteiger partial charge in [0.1, 0.15) is 0 Å². The van der Waals surface area contributed by atoms with E-state index in [1.807, 2.05) is 12.5 Å². The predicted octanol–water partition coefficient (Wildman–Crippen LogP) is 3.76. The molecule has 1 saturated heterocycles. The highest BCUT2D eigenvalue weighted by Gasteiger charge is 2.28. The molecule has 0 radical (unpaired) electrons. The summed E-state index contributed by atoms with van der Waals surface area (Å²) in [5, 5.41) is 4.85. The number of nitrogens with zero attached hydrogens (tertiary/aromatic N) is 4. The summed E-state index contributed by atoms with van der Waals surface area (Å²) < 4.78 is 2.25.